The molecule has 2 heterocycles. The highest BCUT2D eigenvalue weighted by Gasteiger charge is 2.18. The molecule has 3 aromatic rings. The van der Waals surface area contributed by atoms with Crippen molar-refractivity contribution in [2.45, 2.75) is 39.5 Å². The van der Waals surface area contributed by atoms with E-state index in [4.69, 9.17) is 4.98 Å². The van der Waals surface area contributed by atoms with E-state index in [-0.39, 0.29) is 0 Å². The van der Waals surface area contributed by atoms with Crippen LogP contribution in [-0.2, 0) is 12.8 Å². The second kappa shape index (κ2) is 7.46. The number of benzene rings is 1. The monoisotopic (exact) mass is 437 g/mol. The van der Waals surface area contributed by atoms with Crippen LogP contribution in [0, 0.1) is 25.2 Å². The van der Waals surface area contributed by atoms with Gasteiger partial charge in [0.05, 0.1) is 11.3 Å². The maximum Gasteiger partial charge on any atom is 0.134 e. The summed E-state index contributed by atoms with van der Waals surface area (Å²) in [6, 6.07) is 12.8. The standard InChI is InChI=1S/C22H20BrN3S/c1-14-11-16(15(2)26(14)19-9-7-18(23)8-10-19)12-17(13-24)22-25-20-5-3-4-6-21(20)27-22/h7-12H,3-6H2,1-2H3. The van der Waals surface area contributed by atoms with E-state index in [1.54, 1.807) is 11.3 Å². The molecule has 0 bridgehead atoms. The van der Waals surface area contributed by atoms with Gasteiger partial charge in [-0.2, -0.15) is 5.26 Å². The Morgan fingerprint density at radius 3 is 2.67 bits per heavy atom. The van der Waals surface area contributed by atoms with Gasteiger partial charge in [-0.3, -0.25) is 0 Å². The van der Waals surface area contributed by atoms with Gasteiger partial charge in [0.1, 0.15) is 11.1 Å². The summed E-state index contributed by atoms with van der Waals surface area (Å²) in [5, 5.41) is 10.6. The zero-order chi connectivity index (χ0) is 19.0. The molecule has 0 saturated carbocycles. The number of nitrogens with zero attached hydrogens (tertiary/aromatic N) is 3. The first-order valence-electron chi connectivity index (χ1n) is 9.12. The Balaban J connectivity index is 1.74. The lowest BCUT2D eigenvalue weighted by Gasteiger charge is -2.09. The number of allylic oxidation sites excluding steroid dienone is 1. The minimum absolute atomic E-state index is 0.658. The van der Waals surface area contributed by atoms with Crippen molar-refractivity contribution in [3.63, 3.8) is 0 Å². The summed E-state index contributed by atoms with van der Waals surface area (Å²) < 4.78 is 3.29. The summed E-state index contributed by atoms with van der Waals surface area (Å²) in [5.74, 6) is 0. The second-order valence-corrected chi connectivity index (χ2v) is 8.90. The van der Waals surface area contributed by atoms with E-state index < -0.39 is 0 Å². The predicted molar refractivity (Wildman–Crippen MR) is 115 cm³/mol. The van der Waals surface area contributed by atoms with E-state index in [2.05, 4.69) is 58.6 Å². The first kappa shape index (κ1) is 18.2. The van der Waals surface area contributed by atoms with E-state index in [0.717, 1.165) is 45.0 Å². The fourth-order valence-corrected chi connectivity index (χ4v) is 5.07. The van der Waals surface area contributed by atoms with Crippen LogP contribution in [0.15, 0.2) is 34.8 Å². The van der Waals surface area contributed by atoms with E-state index in [9.17, 15) is 5.26 Å². The molecule has 1 aliphatic rings. The topological polar surface area (TPSA) is 41.6 Å². The minimum Gasteiger partial charge on any atom is -0.318 e. The van der Waals surface area contributed by atoms with Crippen LogP contribution >= 0.6 is 27.3 Å². The van der Waals surface area contributed by atoms with Gasteiger partial charge in [-0.25, -0.2) is 4.98 Å². The first-order chi connectivity index (χ1) is 13.1. The van der Waals surface area contributed by atoms with Gasteiger partial charge in [-0.1, -0.05) is 15.9 Å². The summed E-state index contributed by atoms with van der Waals surface area (Å²) in [7, 11) is 0. The van der Waals surface area contributed by atoms with Crippen molar-refractivity contribution >= 4 is 38.9 Å². The molecule has 0 unspecified atom stereocenters. The zero-order valence-electron chi connectivity index (χ0n) is 15.4. The molecule has 0 fully saturated rings. The lowest BCUT2D eigenvalue weighted by Crippen LogP contribution is -1.99. The number of aryl methyl sites for hydroxylation is 3. The summed E-state index contributed by atoms with van der Waals surface area (Å²) in [6.07, 6.45) is 6.57. The van der Waals surface area contributed by atoms with Crippen LogP contribution in [0.4, 0.5) is 0 Å². The molecule has 0 radical (unpaired) electrons. The quantitative estimate of drug-likeness (QED) is 0.453. The molecule has 2 aromatic heterocycles. The first-order valence-corrected chi connectivity index (χ1v) is 10.7. The van der Waals surface area contributed by atoms with Crippen LogP contribution in [0.1, 0.15) is 45.4 Å². The van der Waals surface area contributed by atoms with Crippen molar-refractivity contribution in [3.8, 4) is 11.8 Å². The lowest BCUT2D eigenvalue weighted by atomic mass is 10.0. The zero-order valence-corrected chi connectivity index (χ0v) is 17.8. The maximum atomic E-state index is 9.75. The SMILES string of the molecule is Cc1cc(C=C(C#N)c2nc3c(s2)CCCC3)c(C)n1-c1ccc(Br)cc1. The third kappa shape index (κ3) is 3.52. The van der Waals surface area contributed by atoms with Crippen molar-refractivity contribution < 1.29 is 0 Å². The van der Waals surface area contributed by atoms with Crippen molar-refractivity contribution in [1.82, 2.24) is 9.55 Å². The number of halogens is 1. The highest BCUT2D eigenvalue weighted by molar-refractivity contribution is 9.10. The fraction of sp³-hybridized carbons (Fsp3) is 0.273. The number of hydrogen-bond donors (Lipinski definition) is 0. The number of aromatic nitrogens is 2. The Morgan fingerprint density at radius 2 is 1.96 bits per heavy atom. The number of thiazole rings is 1. The van der Waals surface area contributed by atoms with Gasteiger partial charge in [0.2, 0.25) is 0 Å². The minimum atomic E-state index is 0.658. The molecule has 5 heteroatoms. The van der Waals surface area contributed by atoms with E-state index in [1.165, 1.54) is 23.4 Å². The summed E-state index contributed by atoms with van der Waals surface area (Å²) in [6.45, 7) is 4.20. The van der Waals surface area contributed by atoms with Crippen LogP contribution in [-0.4, -0.2) is 9.55 Å². The third-order valence-electron chi connectivity index (χ3n) is 5.05. The molecule has 1 aliphatic carbocycles. The number of nitriles is 1. The van der Waals surface area contributed by atoms with Crippen LogP contribution in [0.3, 0.4) is 0 Å². The van der Waals surface area contributed by atoms with Crippen LogP contribution in [0.25, 0.3) is 17.3 Å². The van der Waals surface area contributed by atoms with Gasteiger partial charge in [-0.15, -0.1) is 11.3 Å². The Kier molecular flexibility index (Phi) is 5.03. The molecule has 136 valence electrons. The van der Waals surface area contributed by atoms with Crippen molar-refractivity contribution in [2.75, 3.05) is 0 Å². The Labute approximate surface area is 172 Å². The molecule has 27 heavy (non-hydrogen) atoms. The lowest BCUT2D eigenvalue weighted by molar-refractivity contribution is 0.682. The van der Waals surface area contributed by atoms with Crippen LogP contribution in [0.5, 0.6) is 0 Å². The third-order valence-corrected chi connectivity index (χ3v) is 6.77. The number of rotatable bonds is 3. The average Bonchev–Trinajstić information content (AvgIpc) is 3.21. The molecule has 0 aliphatic heterocycles. The second-order valence-electron chi connectivity index (χ2n) is 6.90. The fourth-order valence-electron chi connectivity index (χ4n) is 3.69. The predicted octanol–water partition coefficient (Wildman–Crippen LogP) is 6.26. The average molecular weight is 438 g/mol. The molecule has 1 aromatic carbocycles. The molecule has 0 spiro atoms. The van der Waals surface area contributed by atoms with Crippen molar-refractivity contribution in [3.05, 3.63) is 67.3 Å². The Morgan fingerprint density at radius 1 is 1.22 bits per heavy atom. The maximum absolute atomic E-state index is 9.75. The number of fused-ring (bicyclic) bond motifs is 1. The molecule has 4 rings (SSSR count). The number of hydrogen-bond acceptors (Lipinski definition) is 3. The van der Waals surface area contributed by atoms with Crippen LogP contribution in [0.2, 0.25) is 0 Å². The largest absolute Gasteiger partial charge is 0.318 e. The highest BCUT2D eigenvalue weighted by atomic mass is 79.9. The van der Waals surface area contributed by atoms with Gasteiger partial charge in [0.25, 0.3) is 0 Å². The normalized spacial score (nSPS) is 14.1. The molecule has 3 nitrogen and oxygen atoms in total. The summed E-state index contributed by atoms with van der Waals surface area (Å²) in [4.78, 5) is 6.12. The van der Waals surface area contributed by atoms with Crippen molar-refractivity contribution in [1.29, 1.82) is 5.26 Å². The van der Waals surface area contributed by atoms with Gasteiger partial charge < -0.3 is 4.57 Å². The molecule has 0 saturated heterocycles. The summed E-state index contributed by atoms with van der Waals surface area (Å²) in [5.41, 5.74) is 6.32. The Hall–Kier alpha value is -2.16. The van der Waals surface area contributed by atoms with Gasteiger partial charge in [-0.05, 0) is 81.5 Å². The molecule has 0 atom stereocenters. The van der Waals surface area contributed by atoms with Gasteiger partial charge >= 0.3 is 0 Å². The smallest absolute Gasteiger partial charge is 0.134 e. The van der Waals surface area contributed by atoms with E-state index in [1.807, 2.05) is 18.2 Å². The highest BCUT2D eigenvalue weighted by Crippen LogP contribution is 2.32. The molecular weight excluding hydrogens is 418 g/mol. The van der Waals surface area contributed by atoms with Gasteiger partial charge in [0, 0.05) is 26.4 Å². The van der Waals surface area contributed by atoms with Crippen LogP contribution < -0.4 is 0 Å². The molecular formula is C22H20BrN3S. The molecule has 0 N–H and O–H groups in total. The van der Waals surface area contributed by atoms with E-state index >= 15 is 0 Å². The Bertz CT molecular complexity index is 1040. The summed E-state index contributed by atoms with van der Waals surface area (Å²) >= 11 is 5.18. The van der Waals surface area contributed by atoms with Crippen molar-refractivity contribution in [2.24, 2.45) is 0 Å². The van der Waals surface area contributed by atoms with Gasteiger partial charge in [0.15, 0.2) is 0 Å². The van der Waals surface area contributed by atoms with E-state index in [0.29, 0.717) is 5.57 Å². The molecule has 0 amide bonds.